The monoisotopic (exact) mass is 201 g/mol. The molecule has 13 heavy (non-hydrogen) atoms. The summed E-state index contributed by atoms with van der Waals surface area (Å²) < 4.78 is 1.89. The normalized spacial score (nSPS) is 25.2. The van der Waals surface area contributed by atoms with Crippen molar-refractivity contribution >= 4 is 11.8 Å². The summed E-state index contributed by atoms with van der Waals surface area (Å²) in [5.41, 5.74) is 1.35. The number of hydrogen-bond acceptors (Lipinski definition) is 3. The van der Waals surface area contributed by atoms with Gasteiger partial charge in [-0.05, 0) is 37.0 Å². The highest BCUT2D eigenvalue weighted by atomic mass is 35.5. The molecule has 2 N–H and O–H groups in total. The van der Waals surface area contributed by atoms with Gasteiger partial charge in [0.1, 0.15) is 0 Å². The topological polar surface area (TPSA) is 27.3 Å². The van der Waals surface area contributed by atoms with Gasteiger partial charge in [0, 0.05) is 25.0 Å². The lowest BCUT2D eigenvalue weighted by Crippen LogP contribution is -2.27. The smallest absolute Gasteiger partial charge is 0.0843 e. The van der Waals surface area contributed by atoms with Crippen molar-refractivity contribution < 1.29 is 0 Å². The van der Waals surface area contributed by atoms with Crippen LogP contribution in [0.4, 0.5) is 0 Å². The van der Waals surface area contributed by atoms with Crippen molar-refractivity contribution in [1.82, 2.24) is 15.1 Å². The van der Waals surface area contributed by atoms with Crippen LogP contribution in [0.5, 0.6) is 0 Å². The van der Waals surface area contributed by atoms with E-state index in [0.717, 1.165) is 25.7 Å². The molecule has 0 amide bonds. The molecule has 0 aromatic heterocycles. The third-order valence-electron chi connectivity index (χ3n) is 2.76. The third kappa shape index (κ3) is 2.51. The average molecular weight is 202 g/mol. The molecule has 2 aliphatic heterocycles. The highest BCUT2D eigenvalue weighted by Crippen LogP contribution is 2.24. The van der Waals surface area contributed by atoms with E-state index in [1.807, 2.05) is 4.42 Å². The summed E-state index contributed by atoms with van der Waals surface area (Å²) in [7, 11) is 0. The van der Waals surface area contributed by atoms with Crippen molar-refractivity contribution in [2.45, 2.75) is 19.3 Å². The first-order valence-electron chi connectivity index (χ1n) is 4.91. The Labute approximate surface area is 84.2 Å². The molecule has 0 aromatic rings. The summed E-state index contributed by atoms with van der Waals surface area (Å²) in [4.78, 5) is 0. The molecule has 74 valence electrons. The first kappa shape index (κ1) is 9.16. The van der Waals surface area contributed by atoms with Gasteiger partial charge < -0.3 is 10.6 Å². The van der Waals surface area contributed by atoms with Crippen LogP contribution >= 0.6 is 11.8 Å². The van der Waals surface area contributed by atoms with Crippen LogP contribution in [0.3, 0.4) is 0 Å². The number of nitrogens with one attached hydrogen (secondary N) is 2. The van der Waals surface area contributed by atoms with Crippen LogP contribution in [0.25, 0.3) is 0 Å². The lowest BCUT2D eigenvalue weighted by atomic mass is 9.93. The second kappa shape index (κ2) is 4.20. The molecular weight excluding hydrogens is 186 g/mol. The van der Waals surface area contributed by atoms with Crippen LogP contribution in [0.2, 0.25) is 0 Å². The van der Waals surface area contributed by atoms with Crippen molar-refractivity contribution in [1.29, 1.82) is 0 Å². The van der Waals surface area contributed by atoms with E-state index in [4.69, 9.17) is 11.8 Å². The first-order chi connectivity index (χ1) is 6.34. The van der Waals surface area contributed by atoms with Gasteiger partial charge in [-0.1, -0.05) is 0 Å². The average Bonchev–Trinajstić information content (AvgIpc) is 2.62. The number of nitrogens with zero attached hydrogens (tertiary/aromatic N) is 1. The van der Waals surface area contributed by atoms with Gasteiger partial charge in [-0.2, -0.15) is 0 Å². The number of rotatable bonds is 2. The van der Waals surface area contributed by atoms with Crippen molar-refractivity contribution in [3.8, 4) is 0 Å². The molecule has 2 rings (SSSR count). The molecule has 0 unspecified atom stereocenters. The van der Waals surface area contributed by atoms with Crippen molar-refractivity contribution in [3.63, 3.8) is 0 Å². The Hall–Kier alpha value is -0.410. The Morgan fingerprint density at radius 2 is 2.23 bits per heavy atom. The zero-order chi connectivity index (χ0) is 9.10. The predicted molar refractivity (Wildman–Crippen MR) is 54.0 cm³/mol. The van der Waals surface area contributed by atoms with Crippen LogP contribution in [0.1, 0.15) is 19.3 Å². The van der Waals surface area contributed by atoms with Gasteiger partial charge in [0.2, 0.25) is 0 Å². The fraction of sp³-hybridized carbons (Fsp3) is 0.778. The largest absolute Gasteiger partial charge is 0.372 e. The number of hydrogen-bond donors (Lipinski definition) is 2. The molecule has 2 aliphatic rings. The molecule has 0 bridgehead atoms. The maximum Gasteiger partial charge on any atom is 0.0843 e. The number of halogens is 1. The maximum absolute atomic E-state index is 5.89. The van der Waals surface area contributed by atoms with Crippen molar-refractivity contribution in [2.24, 2.45) is 5.92 Å². The summed E-state index contributed by atoms with van der Waals surface area (Å²) in [6.07, 6.45) is 5.72. The standard InChI is InChI=1S/C9H16ClN3/c10-13-3-1-8(2-4-13)5-9-6-11-7-12-9/h6,8,11-12H,1-5,7H2. The van der Waals surface area contributed by atoms with E-state index in [0.29, 0.717) is 0 Å². The zero-order valence-corrected chi connectivity index (χ0v) is 8.48. The Kier molecular flexibility index (Phi) is 2.96. The van der Waals surface area contributed by atoms with E-state index in [-0.39, 0.29) is 0 Å². The van der Waals surface area contributed by atoms with Crippen LogP contribution in [0, 0.1) is 5.92 Å². The minimum atomic E-state index is 0.814. The molecule has 1 saturated heterocycles. The van der Waals surface area contributed by atoms with Crippen LogP contribution in [0.15, 0.2) is 11.9 Å². The van der Waals surface area contributed by atoms with Crippen LogP contribution in [-0.4, -0.2) is 24.2 Å². The van der Waals surface area contributed by atoms with Gasteiger partial charge >= 0.3 is 0 Å². The molecule has 0 spiro atoms. The number of allylic oxidation sites excluding steroid dienone is 1. The highest BCUT2D eigenvalue weighted by molar-refractivity contribution is 6.13. The van der Waals surface area contributed by atoms with E-state index in [9.17, 15) is 0 Å². The molecule has 3 nitrogen and oxygen atoms in total. The van der Waals surface area contributed by atoms with E-state index >= 15 is 0 Å². The van der Waals surface area contributed by atoms with Gasteiger partial charge in [-0.15, -0.1) is 0 Å². The van der Waals surface area contributed by atoms with E-state index in [1.165, 1.54) is 25.0 Å². The summed E-state index contributed by atoms with van der Waals surface area (Å²) in [5.74, 6) is 0.814. The molecule has 0 aromatic carbocycles. The van der Waals surface area contributed by atoms with E-state index < -0.39 is 0 Å². The molecule has 0 atom stereocenters. The van der Waals surface area contributed by atoms with E-state index in [1.54, 1.807) is 0 Å². The lowest BCUT2D eigenvalue weighted by molar-refractivity contribution is 0.280. The van der Waals surface area contributed by atoms with Crippen LogP contribution < -0.4 is 10.6 Å². The van der Waals surface area contributed by atoms with Gasteiger partial charge in [0.05, 0.1) is 6.67 Å². The summed E-state index contributed by atoms with van der Waals surface area (Å²) in [6.45, 7) is 2.96. The van der Waals surface area contributed by atoms with Gasteiger partial charge in [-0.25, -0.2) is 4.42 Å². The minimum Gasteiger partial charge on any atom is -0.372 e. The Morgan fingerprint density at radius 1 is 1.46 bits per heavy atom. The Balaban J connectivity index is 1.75. The molecular formula is C9H16ClN3. The highest BCUT2D eigenvalue weighted by Gasteiger charge is 2.19. The Bertz CT molecular complexity index is 197. The van der Waals surface area contributed by atoms with Crippen molar-refractivity contribution in [2.75, 3.05) is 19.8 Å². The molecule has 0 saturated carbocycles. The molecule has 0 aliphatic carbocycles. The second-order valence-corrected chi connectivity index (χ2v) is 4.26. The van der Waals surface area contributed by atoms with Crippen LogP contribution in [-0.2, 0) is 0 Å². The van der Waals surface area contributed by atoms with E-state index in [2.05, 4.69) is 16.8 Å². The molecule has 4 heteroatoms. The lowest BCUT2D eigenvalue weighted by Gasteiger charge is -2.27. The number of piperidine rings is 1. The second-order valence-electron chi connectivity index (χ2n) is 3.78. The molecule has 1 fully saturated rings. The minimum absolute atomic E-state index is 0.814. The summed E-state index contributed by atoms with van der Waals surface area (Å²) in [5, 5.41) is 6.48. The molecule has 0 radical (unpaired) electrons. The fourth-order valence-electron chi connectivity index (χ4n) is 1.94. The summed E-state index contributed by atoms with van der Waals surface area (Å²) in [6, 6.07) is 0. The van der Waals surface area contributed by atoms with Gasteiger partial charge in [0.25, 0.3) is 0 Å². The van der Waals surface area contributed by atoms with Gasteiger partial charge in [0.15, 0.2) is 0 Å². The SMILES string of the molecule is ClN1CCC(CC2=CNCN2)CC1. The summed E-state index contributed by atoms with van der Waals surface area (Å²) >= 11 is 5.89. The first-order valence-corrected chi connectivity index (χ1v) is 5.25. The zero-order valence-electron chi connectivity index (χ0n) is 7.72. The quantitative estimate of drug-likeness (QED) is 0.659. The third-order valence-corrected chi connectivity index (χ3v) is 3.10. The van der Waals surface area contributed by atoms with Gasteiger partial charge in [-0.3, -0.25) is 0 Å². The van der Waals surface area contributed by atoms with Crippen molar-refractivity contribution in [3.05, 3.63) is 11.9 Å². The Morgan fingerprint density at radius 3 is 2.85 bits per heavy atom. The maximum atomic E-state index is 5.89. The molecule has 2 heterocycles. The fourth-order valence-corrected chi connectivity index (χ4v) is 2.13. The predicted octanol–water partition coefficient (Wildman–Crippen LogP) is 1.23.